The van der Waals surface area contributed by atoms with Gasteiger partial charge in [-0.3, -0.25) is 0 Å². The van der Waals surface area contributed by atoms with E-state index in [9.17, 15) is 0 Å². The van der Waals surface area contributed by atoms with Crippen LogP contribution in [0.1, 0.15) is 30.5 Å². The highest BCUT2D eigenvalue weighted by molar-refractivity contribution is 9.11. The van der Waals surface area contributed by atoms with Crippen molar-refractivity contribution in [3.63, 3.8) is 0 Å². The molecule has 0 spiro atoms. The van der Waals surface area contributed by atoms with Crippen molar-refractivity contribution in [1.82, 2.24) is 0 Å². The van der Waals surface area contributed by atoms with Crippen LogP contribution in [0.5, 0.6) is 0 Å². The van der Waals surface area contributed by atoms with Crippen LogP contribution >= 0.6 is 61.8 Å². The first-order valence-corrected chi connectivity index (χ1v) is 9.18. The third-order valence-corrected chi connectivity index (χ3v) is 5.57. The Morgan fingerprint density at radius 3 is 2.05 bits per heavy atom. The van der Waals surface area contributed by atoms with E-state index in [1.54, 1.807) is 22.7 Å². The van der Waals surface area contributed by atoms with Gasteiger partial charge in [0.2, 0.25) is 0 Å². The molecule has 108 valence electrons. The van der Waals surface area contributed by atoms with Crippen molar-refractivity contribution in [2.75, 3.05) is 0 Å². The molecular weight excluding hydrogens is 385 g/mol. The summed E-state index contributed by atoms with van der Waals surface area (Å²) in [5.41, 5.74) is 5.32. The average molecular weight is 403 g/mol. The molecule has 2 rings (SSSR count). The highest BCUT2D eigenvalue weighted by atomic mass is 79.9. The van der Waals surface area contributed by atoms with E-state index >= 15 is 0 Å². The maximum Gasteiger partial charge on any atom is 0.0716 e. The van der Waals surface area contributed by atoms with E-state index in [0.717, 1.165) is 25.1 Å². The van der Waals surface area contributed by atoms with Gasteiger partial charge in [-0.15, -0.1) is 22.7 Å². The predicted molar refractivity (Wildman–Crippen MR) is 95.0 cm³/mol. The zero-order chi connectivity index (χ0) is 14.8. The maximum absolute atomic E-state index is 5.83. The molecule has 0 aromatic carbocycles. The minimum atomic E-state index is 0.552. The van der Waals surface area contributed by atoms with Gasteiger partial charge in [0.25, 0.3) is 0 Å². The number of thiophene rings is 2. The first kappa shape index (κ1) is 19.4. The van der Waals surface area contributed by atoms with Gasteiger partial charge in [0, 0.05) is 16.3 Å². The smallest absolute Gasteiger partial charge is 0.0716 e. The Labute approximate surface area is 141 Å². The molecule has 1 nitrogen and oxygen atoms in total. The molecule has 0 aliphatic carbocycles. The minimum Gasteiger partial charge on any atom is -0.326 e. The average Bonchev–Trinajstić information content (AvgIpc) is 2.97. The topological polar surface area (TPSA) is 26.0 Å². The van der Waals surface area contributed by atoms with Gasteiger partial charge >= 0.3 is 0 Å². The van der Waals surface area contributed by atoms with Gasteiger partial charge in [0.1, 0.15) is 0 Å². The second-order valence-corrected chi connectivity index (χ2v) is 7.40. The molecule has 2 N–H and O–H groups in total. The maximum atomic E-state index is 5.83. The van der Waals surface area contributed by atoms with Crippen molar-refractivity contribution in [3.05, 3.63) is 41.1 Å². The summed E-state index contributed by atoms with van der Waals surface area (Å²) in [6, 6.07) is 3.79. The highest BCUT2D eigenvalue weighted by Crippen LogP contribution is 2.30. The molecule has 0 radical (unpaired) electrons. The Morgan fingerprint density at radius 2 is 1.84 bits per heavy atom. The lowest BCUT2D eigenvalue weighted by Gasteiger charge is -1.85. The van der Waals surface area contributed by atoms with E-state index < -0.39 is 0 Å². The van der Waals surface area contributed by atoms with Crippen molar-refractivity contribution in [3.8, 4) is 0 Å². The van der Waals surface area contributed by atoms with E-state index in [1.165, 1.54) is 4.88 Å². The molecule has 0 atom stereocenters. The van der Waals surface area contributed by atoms with Crippen molar-refractivity contribution >= 4 is 61.8 Å². The number of nitrogens with two attached hydrogens (primary N) is 1. The molecule has 0 aliphatic rings. The number of hydrogen-bond donors (Lipinski definition) is 1. The predicted octanol–water partition coefficient (Wildman–Crippen LogP) is 6.61. The molecule has 0 aliphatic heterocycles. The van der Waals surface area contributed by atoms with Crippen LogP contribution in [-0.4, -0.2) is 0 Å². The molecule has 19 heavy (non-hydrogen) atoms. The number of hydrogen-bond acceptors (Lipinski definition) is 3. The fourth-order valence-corrected chi connectivity index (χ4v) is 4.16. The third kappa shape index (κ3) is 7.11. The number of halogens is 3. The van der Waals surface area contributed by atoms with Gasteiger partial charge in [-0.05, 0) is 39.9 Å². The second kappa shape index (κ2) is 11.1. The first-order chi connectivity index (χ1) is 9.08. The molecule has 6 heteroatoms. The molecule has 2 aromatic rings. The SMILES string of the molecule is CC.CCc1sc(Br)cc1Cl.NCc1sccc1Cl. The zero-order valence-corrected chi connectivity index (χ0v) is 15.9. The van der Waals surface area contributed by atoms with E-state index in [1.807, 2.05) is 31.4 Å². The van der Waals surface area contributed by atoms with Crippen molar-refractivity contribution in [2.24, 2.45) is 5.73 Å². The van der Waals surface area contributed by atoms with Crippen LogP contribution in [0.4, 0.5) is 0 Å². The van der Waals surface area contributed by atoms with Crippen LogP contribution in [0.25, 0.3) is 0 Å². The first-order valence-electron chi connectivity index (χ1n) is 5.94. The van der Waals surface area contributed by atoms with Gasteiger partial charge in [-0.2, -0.15) is 0 Å². The summed E-state index contributed by atoms with van der Waals surface area (Å²) >= 11 is 18.1. The normalized spacial score (nSPS) is 9.21. The summed E-state index contributed by atoms with van der Waals surface area (Å²) in [5, 5.41) is 3.61. The summed E-state index contributed by atoms with van der Waals surface area (Å²) in [4.78, 5) is 2.32. The van der Waals surface area contributed by atoms with Crippen LogP contribution < -0.4 is 5.73 Å². The molecule has 2 aromatic heterocycles. The van der Waals surface area contributed by atoms with Crippen LogP contribution in [0, 0.1) is 0 Å². The summed E-state index contributed by atoms with van der Waals surface area (Å²) in [7, 11) is 0. The second-order valence-electron chi connectivity index (χ2n) is 3.07. The van der Waals surface area contributed by atoms with Gasteiger partial charge in [0.05, 0.1) is 13.8 Å². The third-order valence-electron chi connectivity index (χ3n) is 1.92. The molecule has 0 amide bonds. The molecule has 0 saturated heterocycles. The van der Waals surface area contributed by atoms with E-state index in [2.05, 4.69) is 22.9 Å². The lowest BCUT2D eigenvalue weighted by atomic mass is 10.4. The Hall–Kier alpha value is 0.420. The lowest BCUT2D eigenvalue weighted by Crippen LogP contribution is -1.92. The van der Waals surface area contributed by atoms with Crippen molar-refractivity contribution in [2.45, 2.75) is 33.7 Å². The van der Waals surface area contributed by atoms with Crippen LogP contribution in [0.15, 0.2) is 21.3 Å². The van der Waals surface area contributed by atoms with Gasteiger partial charge < -0.3 is 5.73 Å². The van der Waals surface area contributed by atoms with Gasteiger partial charge in [-0.1, -0.05) is 44.0 Å². The van der Waals surface area contributed by atoms with Crippen LogP contribution in [0.3, 0.4) is 0 Å². The minimum absolute atomic E-state index is 0.552. The van der Waals surface area contributed by atoms with Crippen molar-refractivity contribution in [1.29, 1.82) is 0 Å². The fourth-order valence-electron chi connectivity index (χ4n) is 1.09. The van der Waals surface area contributed by atoms with Gasteiger partial charge in [-0.25, -0.2) is 0 Å². The molecular formula is C13H18BrCl2NS2. The molecule has 0 fully saturated rings. The van der Waals surface area contributed by atoms with Crippen LogP contribution in [0.2, 0.25) is 10.0 Å². The highest BCUT2D eigenvalue weighted by Gasteiger charge is 2.01. The summed E-state index contributed by atoms with van der Waals surface area (Å²) < 4.78 is 1.12. The Bertz CT molecular complexity index is 469. The Kier molecular flexibility index (Phi) is 11.4. The molecule has 0 saturated carbocycles. The van der Waals surface area contributed by atoms with E-state index in [-0.39, 0.29) is 0 Å². The quantitative estimate of drug-likeness (QED) is 0.600. The molecule has 0 bridgehead atoms. The lowest BCUT2D eigenvalue weighted by molar-refractivity contribution is 1.11. The summed E-state index contributed by atoms with van der Waals surface area (Å²) in [6.07, 6.45) is 1.02. The largest absolute Gasteiger partial charge is 0.326 e. The van der Waals surface area contributed by atoms with E-state index in [4.69, 9.17) is 28.9 Å². The Morgan fingerprint density at radius 1 is 1.21 bits per heavy atom. The van der Waals surface area contributed by atoms with E-state index in [0.29, 0.717) is 6.54 Å². The number of rotatable bonds is 2. The van der Waals surface area contributed by atoms with Gasteiger partial charge in [0.15, 0.2) is 0 Å². The van der Waals surface area contributed by atoms with Crippen LogP contribution in [-0.2, 0) is 13.0 Å². The molecule has 2 heterocycles. The number of aryl methyl sites for hydroxylation is 1. The summed E-state index contributed by atoms with van der Waals surface area (Å²) in [5.74, 6) is 0. The standard InChI is InChI=1S/C6H6BrClS.C5H6ClNS.C2H6/c1-2-5-4(8)3-6(7)9-5;6-4-1-2-8-5(4)3-7;1-2/h3H,2H2,1H3;1-2H,3,7H2;1-2H3. The van der Waals surface area contributed by atoms with Crippen molar-refractivity contribution < 1.29 is 0 Å². The fraction of sp³-hybridized carbons (Fsp3) is 0.385. The zero-order valence-electron chi connectivity index (χ0n) is 11.2. The monoisotopic (exact) mass is 401 g/mol. The Balaban J connectivity index is 0.000000303. The summed E-state index contributed by atoms with van der Waals surface area (Å²) in [6.45, 7) is 6.65. The molecule has 0 unspecified atom stereocenters.